The van der Waals surface area contributed by atoms with Crippen LogP contribution in [0.2, 0.25) is 0 Å². The summed E-state index contributed by atoms with van der Waals surface area (Å²) in [6, 6.07) is 1.25. The molecule has 0 aliphatic rings. The molecule has 0 aromatic heterocycles. The van der Waals surface area contributed by atoms with Gasteiger partial charge in [-0.1, -0.05) is 50.9 Å². The predicted octanol–water partition coefficient (Wildman–Crippen LogP) is -1.23. The fourth-order valence-corrected chi connectivity index (χ4v) is 1.34. The third kappa shape index (κ3) is 18.1. The molecule has 4 atom stereocenters. The summed E-state index contributed by atoms with van der Waals surface area (Å²) in [7, 11) is 0. The van der Waals surface area contributed by atoms with Gasteiger partial charge in [0.1, 0.15) is 18.3 Å². The van der Waals surface area contributed by atoms with E-state index in [1.54, 1.807) is 0 Å². The fourth-order valence-electron chi connectivity index (χ4n) is 1.34. The number of rotatable bonds is 8. The Kier molecular flexibility index (Phi) is 19.0. The number of hydrogen-bond acceptors (Lipinski definition) is 8. The first-order valence-corrected chi connectivity index (χ1v) is 8.39. The lowest BCUT2D eigenvalue weighted by Gasteiger charge is -2.23. The van der Waals surface area contributed by atoms with Crippen LogP contribution in [0.25, 0.3) is 0 Å². The smallest absolute Gasteiger partial charge is 0.337 e. The molecule has 158 valence electrons. The van der Waals surface area contributed by atoms with Gasteiger partial charge in [-0.25, -0.2) is 9.59 Å². The number of alkyl halides is 2. The minimum absolute atomic E-state index is 0.625. The van der Waals surface area contributed by atoms with Crippen LogP contribution in [-0.2, 0) is 9.59 Å². The summed E-state index contributed by atoms with van der Waals surface area (Å²) in [4.78, 5) is 18.2. The molecular weight excluding hydrogens is 397 g/mol. The number of aliphatic carboxylic acids is 2. The maximum atomic E-state index is 10.1. The molecule has 0 aliphatic carbocycles. The molecule has 0 saturated carbocycles. The molecule has 0 heterocycles. The summed E-state index contributed by atoms with van der Waals surface area (Å²) in [6.07, 6.45) is -7.84. The van der Waals surface area contributed by atoms with Gasteiger partial charge in [0.15, 0.2) is 6.10 Å². The topological polar surface area (TPSA) is 188 Å². The van der Waals surface area contributed by atoms with E-state index in [1.165, 1.54) is 0 Å². The highest BCUT2D eigenvalue weighted by atomic mass is 35.5. The number of aliphatic hydroxyl groups is 5. The zero-order valence-electron chi connectivity index (χ0n) is 15.0. The van der Waals surface area contributed by atoms with Crippen molar-refractivity contribution < 1.29 is 45.3 Å². The fraction of sp³-hybridized carbons (Fsp3) is 0.857. The first kappa shape index (κ1) is 30.0. The van der Waals surface area contributed by atoms with E-state index in [1.807, 2.05) is 0 Å². The second-order valence-corrected chi connectivity index (χ2v) is 6.73. The first-order valence-electron chi connectivity index (χ1n) is 7.51. The number of nitrogens with one attached hydrogen (secondary N) is 1. The molecule has 8 N–H and O–H groups in total. The minimum Gasteiger partial charge on any atom is -0.479 e. The molecule has 10 nitrogen and oxygen atoms in total. The molecule has 0 bridgehead atoms. The normalized spacial score (nSPS) is 15.3. The van der Waals surface area contributed by atoms with Gasteiger partial charge in [-0.3, -0.25) is 0 Å². The van der Waals surface area contributed by atoms with E-state index in [9.17, 15) is 9.59 Å². The molecule has 0 aliphatic heterocycles. The monoisotopic (exact) mass is 425 g/mol. The van der Waals surface area contributed by atoms with Crippen molar-refractivity contribution in [3.8, 4) is 0 Å². The second-order valence-electron chi connectivity index (χ2n) is 5.63. The van der Waals surface area contributed by atoms with E-state index in [-0.39, 0.29) is 0 Å². The Labute approximate surface area is 162 Å². The van der Waals surface area contributed by atoms with Crippen molar-refractivity contribution in [2.45, 2.75) is 69.0 Å². The van der Waals surface area contributed by atoms with Crippen LogP contribution in [-0.4, -0.2) is 95.6 Å². The van der Waals surface area contributed by atoms with Crippen LogP contribution in [0, 0.1) is 0 Å². The molecule has 12 heteroatoms. The van der Waals surface area contributed by atoms with Crippen LogP contribution in [0.4, 0.5) is 0 Å². The van der Waals surface area contributed by atoms with E-state index in [0.717, 1.165) is 0 Å². The Morgan fingerprint density at radius 2 is 1.19 bits per heavy atom. The van der Waals surface area contributed by atoms with Crippen LogP contribution < -0.4 is 5.32 Å². The maximum absolute atomic E-state index is 10.1. The van der Waals surface area contributed by atoms with E-state index >= 15 is 0 Å². The summed E-state index contributed by atoms with van der Waals surface area (Å²) in [5, 5.41) is 62.8. The molecule has 0 fully saturated rings. The van der Waals surface area contributed by atoms with Crippen LogP contribution in [0.1, 0.15) is 27.7 Å². The Morgan fingerprint density at radius 3 is 1.35 bits per heavy atom. The molecule has 0 spiro atoms. The second kappa shape index (κ2) is 16.5. The lowest BCUT2D eigenvalue weighted by molar-refractivity contribution is -0.164. The standard InChI is InChI=1S/C6H15N.C6H12O7.C2H2Cl2O2/c1-5(2)7-6(3)4;7-1-2(8)3(9)4(10)5(11)6(12)13;3-1(4)2(5)6/h5-7H,1-4H3;2-5,7-11H,1H2,(H,12,13);1H,(H,5,6). The Balaban J connectivity index is -0.000000342. The van der Waals surface area contributed by atoms with Gasteiger partial charge in [-0.05, 0) is 0 Å². The minimum atomic E-state index is -2.20. The van der Waals surface area contributed by atoms with Gasteiger partial charge in [0, 0.05) is 12.1 Å². The SMILES string of the molecule is CC(C)NC(C)C.O=C(O)C(Cl)Cl.O=C(O)C(O)C(O)C(O)C(O)CO. The summed E-state index contributed by atoms with van der Waals surface area (Å²) < 4.78 is 0. The van der Waals surface area contributed by atoms with E-state index in [2.05, 4.69) is 33.0 Å². The van der Waals surface area contributed by atoms with Crippen molar-refractivity contribution >= 4 is 35.1 Å². The molecule has 26 heavy (non-hydrogen) atoms. The van der Waals surface area contributed by atoms with Crippen LogP contribution in [0.3, 0.4) is 0 Å². The molecule has 0 rings (SSSR count). The van der Waals surface area contributed by atoms with Crippen molar-refractivity contribution in [1.29, 1.82) is 0 Å². The van der Waals surface area contributed by atoms with Gasteiger partial charge in [0.25, 0.3) is 0 Å². The van der Waals surface area contributed by atoms with Gasteiger partial charge in [0.2, 0.25) is 4.84 Å². The summed E-state index contributed by atoms with van der Waals surface area (Å²) in [5.74, 6) is -2.94. The zero-order chi connectivity index (χ0) is 21.6. The number of carboxylic acids is 2. The first-order chi connectivity index (χ1) is 11.7. The van der Waals surface area contributed by atoms with Crippen molar-refractivity contribution in [3.63, 3.8) is 0 Å². The highest BCUT2D eigenvalue weighted by Crippen LogP contribution is 2.04. The molecule has 0 amide bonds. The van der Waals surface area contributed by atoms with Gasteiger partial charge in [0.05, 0.1) is 6.61 Å². The number of halogens is 2. The average molecular weight is 426 g/mol. The van der Waals surface area contributed by atoms with Crippen molar-refractivity contribution in [1.82, 2.24) is 5.32 Å². The van der Waals surface area contributed by atoms with Crippen molar-refractivity contribution in [2.24, 2.45) is 0 Å². The van der Waals surface area contributed by atoms with Crippen molar-refractivity contribution in [2.75, 3.05) is 6.61 Å². The Hall–Kier alpha value is -0.720. The molecule has 0 radical (unpaired) electrons. The predicted molar refractivity (Wildman–Crippen MR) is 95.3 cm³/mol. The number of carbonyl (C=O) groups is 2. The lowest BCUT2D eigenvalue weighted by atomic mass is 10.0. The third-order valence-corrected chi connectivity index (χ3v) is 2.73. The maximum Gasteiger partial charge on any atom is 0.337 e. The molecule has 0 aromatic carbocycles. The lowest BCUT2D eigenvalue weighted by Crippen LogP contribution is -2.48. The summed E-state index contributed by atoms with van der Waals surface area (Å²) in [5.41, 5.74) is 0. The van der Waals surface area contributed by atoms with E-state index < -0.39 is 47.8 Å². The molecule has 0 saturated heterocycles. The number of aliphatic hydroxyl groups excluding tert-OH is 5. The van der Waals surface area contributed by atoms with Gasteiger partial charge in [-0.2, -0.15) is 0 Å². The molecular formula is C14H29Cl2NO9. The Morgan fingerprint density at radius 1 is 0.846 bits per heavy atom. The highest BCUT2D eigenvalue weighted by Gasteiger charge is 2.33. The van der Waals surface area contributed by atoms with Gasteiger partial charge < -0.3 is 41.1 Å². The molecule has 4 unspecified atom stereocenters. The van der Waals surface area contributed by atoms with Crippen molar-refractivity contribution in [3.05, 3.63) is 0 Å². The van der Waals surface area contributed by atoms with Crippen LogP contribution in [0.15, 0.2) is 0 Å². The largest absolute Gasteiger partial charge is 0.479 e. The van der Waals surface area contributed by atoms with E-state index in [4.69, 9.17) is 58.9 Å². The van der Waals surface area contributed by atoms with Gasteiger partial charge in [-0.15, -0.1) is 0 Å². The Bertz CT molecular complexity index is 377. The number of hydrogen-bond donors (Lipinski definition) is 8. The average Bonchev–Trinajstić information content (AvgIpc) is 2.51. The quantitative estimate of drug-likeness (QED) is 0.218. The summed E-state index contributed by atoms with van der Waals surface area (Å²) >= 11 is 9.56. The zero-order valence-corrected chi connectivity index (χ0v) is 16.5. The highest BCUT2D eigenvalue weighted by molar-refractivity contribution is 6.52. The van der Waals surface area contributed by atoms with Crippen LogP contribution >= 0.6 is 23.2 Å². The third-order valence-electron chi connectivity index (χ3n) is 2.36. The molecule has 0 aromatic rings. The van der Waals surface area contributed by atoms with Crippen LogP contribution in [0.5, 0.6) is 0 Å². The van der Waals surface area contributed by atoms with E-state index in [0.29, 0.717) is 12.1 Å². The summed E-state index contributed by atoms with van der Waals surface area (Å²) in [6.45, 7) is 7.77. The van der Waals surface area contributed by atoms with Gasteiger partial charge >= 0.3 is 11.9 Å². The number of carboxylic acid groups (broad SMARTS) is 2.